The van der Waals surface area contributed by atoms with Gasteiger partial charge in [-0.05, 0) is 78.0 Å². The summed E-state index contributed by atoms with van der Waals surface area (Å²) in [4.78, 5) is 29.8. The Kier molecular flexibility index (Phi) is 11.5. The van der Waals surface area contributed by atoms with E-state index in [0.717, 1.165) is 6.42 Å². The second-order valence-corrected chi connectivity index (χ2v) is 28.2. The maximum Gasteiger partial charge on any atom is 0.184 e. The number of ketones is 2. The molecule has 0 unspecified atom stereocenters. The second-order valence-electron chi connectivity index (χ2n) is 14.8. The third-order valence-electron chi connectivity index (χ3n) is 7.37. The molecular weight excluding hydrogens is 571 g/mol. The molecule has 41 heavy (non-hydrogen) atoms. The molecule has 232 valence electrons. The average Bonchev–Trinajstić information content (AvgIpc) is 3.59. The van der Waals surface area contributed by atoms with E-state index in [4.69, 9.17) is 22.8 Å². The molecule has 8 nitrogen and oxygen atoms in total. The van der Waals surface area contributed by atoms with E-state index in [-0.39, 0.29) is 72.9 Å². The summed E-state index contributed by atoms with van der Waals surface area (Å²) in [5.41, 5.74) is 0.452. The summed E-state index contributed by atoms with van der Waals surface area (Å²) in [6.45, 7) is 24.4. The molecule has 0 aliphatic carbocycles. The maximum atomic E-state index is 13.1. The van der Waals surface area contributed by atoms with Crippen molar-refractivity contribution < 1.29 is 32.3 Å². The highest BCUT2D eigenvalue weighted by molar-refractivity contribution is 6.70. The summed E-state index contributed by atoms with van der Waals surface area (Å²) >= 11 is 0. The summed E-state index contributed by atoms with van der Waals surface area (Å²) in [6, 6.07) is 3.40. The van der Waals surface area contributed by atoms with Crippen LogP contribution in [0.3, 0.4) is 0 Å². The van der Waals surface area contributed by atoms with Crippen LogP contribution in [0.15, 0.2) is 24.5 Å². The van der Waals surface area contributed by atoms with Crippen molar-refractivity contribution in [3.05, 3.63) is 30.1 Å². The summed E-state index contributed by atoms with van der Waals surface area (Å²) < 4.78 is 32.6. The van der Waals surface area contributed by atoms with Crippen LogP contribution in [0.2, 0.25) is 58.9 Å². The van der Waals surface area contributed by atoms with Gasteiger partial charge in [-0.2, -0.15) is 0 Å². The molecule has 0 spiro atoms. The first-order valence-electron chi connectivity index (χ1n) is 15.1. The van der Waals surface area contributed by atoms with Crippen molar-refractivity contribution in [2.45, 2.75) is 129 Å². The average molecular weight is 624 g/mol. The molecule has 0 amide bonds. The van der Waals surface area contributed by atoms with E-state index in [2.05, 4.69) is 77.8 Å². The van der Waals surface area contributed by atoms with Gasteiger partial charge in [0, 0.05) is 48.7 Å². The van der Waals surface area contributed by atoms with Crippen LogP contribution >= 0.6 is 0 Å². The van der Waals surface area contributed by atoms with Crippen LogP contribution in [-0.4, -0.2) is 84.7 Å². The number of epoxide rings is 1. The molecule has 2 aliphatic rings. The lowest BCUT2D eigenvalue weighted by atomic mass is 9.85. The number of pyridine rings is 1. The Hall–Kier alpha value is -1.06. The standard InChI is InChI=1S/C30H53NO7Si3/c1-20(21(2)36-39(3,4)5)28-27(35-28)17-26-30(38-41(9,10)11)29(37-40(6,7)8)23(19-34-26)15-24(32)16-25(33)22-13-12-14-31-18-22/h12-14,18,20-21,23,26-30H,15-17,19H2,1-11H3/t20-,21+,23+,26+,27+,28+,29-,30-/m1/s1. The number of carbonyl (C=O) groups excluding carboxylic acids is 2. The van der Waals surface area contributed by atoms with Crippen LogP contribution in [0.1, 0.15) is 43.5 Å². The number of rotatable bonds is 15. The highest BCUT2D eigenvalue weighted by Crippen LogP contribution is 2.40. The zero-order chi connectivity index (χ0) is 30.8. The molecule has 1 aromatic rings. The van der Waals surface area contributed by atoms with Crippen LogP contribution in [0.5, 0.6) is 0 Å². The number of hydrogen-bond acceptors (Lipinski definition) is 8. The van der Waals surface area contributed by atoms with E-state index in [9.17, 15) is 9.59 Å². The van der Waals surface area contributed by atoms with Gasteiger partial charge in [-0.15, -0.1) is 0 Å². The molecule has 3 rings (SSSR count). The number of hydrogen-bond donors (Lipinski definition) is 0. The van der Waals surface area contributed by atoms with Gasteiger partial charge >= 0.3 is 0 Å². The molecule has 0 N–H and O–H groups in total. The summed E-state index contributed by atoms with van der Waals surface area (Å²) in [5, 5.41) is 0. The molecule has 2 saturated heterocycles. The van der Waals surface area contributed by atoms with Crippen LogP contribution < -0.4 is 0 Å². The number of Topliss-reactive ketones (excluding diaryl/α,β-unsaturated/α-hetero) is 2. The van der Waals surface area contributed by atoms with E-state index in [1.807, 2.05) is 0 Å². The van der Waals surface area contributed by atoms with Crippen molar-refractivity contribution in [3.8, 4) is 0 Å². The Labute approximate surface area is 250 Å². The fraction of sp³-hybridized carbons (Fsp3) is 0.767. The lowest BCUT2D eigenvalue weighted by molar-refractivity contribution is -0.158. The number of carbonyl (C=O) groups is 2. The Morgan fingerprint density at radius 1 is 0.951 bits per heavy atom. The van der Waals surface area contributed by atoms with Gasteiger partial charge in [-0.25, -0.2) is 0 Å². The van der Waals surface area contributed by atoms with Crippen molar-refractivity contribution >= 4 is 36.5 Å². The highest BCUT2D eigenvalue weighted by Gasteiger charge is 2.51. The molecule has 0 aromatic carbocycles. The normalized spacial score (nSPS) is 28.7. The molecule has 0 bridgehead atoms. The Morgan fingerprint density at radius 3 is 2.15 bits per heavy atom. The Balaban J connectivity index is 1.74. The van der Waals surface area contributed by atoms with Crippen molar-refractivity contribution in [2.24, 2.45) is 11.8 Å². The van der Waals surface area contributed by atoms with E-state index in [1.165, 1.54) is 6.20 Å². The summed E-state index contributed by atoms with van der Waals surface area (Å²) in [7, 11) is -5.66. The van der Waals surface area contributed by atoms with Crippen molar-refractivity contribution in [3.63, 3.8) is 0 Å². The van der Waals surface area contributed by atoms with Crippen molar-refractivity contribution in [2.75, 3.05) is 6.61 Å². The minimum atomic E-state index is -2.01. The van der Waals surface area contributed by atoms with Crippen molar-refractivity contribution in [1.82, 2.24) is 4.98 Å². The molecular formula is C30H53NO7Si3. The third-order valence-corrected chi connectivity index (χ3v) is 10.4. The minimum Gasteiger partial charge on any atom is -0.415 e. The van der Waals surface area contributed by atoms with Gasteiger partial charge in [0.1, 0.15) is 5.78 Å². The maximum absolute atomic E-state index is 13.1. The smallest absolute Gasteiger partial charge is 0.184 e. The van der Waals surface area contributed by atoms with E-state index < -0.39 is 25.0 Å². The molecule has 0 saturated carbocycles. The fourth-order valence-corrected chi connectivity index (χ4v) is 9.14. The lowest BCUT2D eigenvalue weighted by Gasteiger charge is -2.47. The van der Waals surface area contributed by atoms with Gasteiger partial charge in [0.25, 0.3) is 0 Å². The zero-order valence-electron chi connectivity index (χ0n) is 27.1. The number of aromatic nitrogens is 1. The van der Waals surface area contributed by atoms with Crippen LogP contribution in [0.4, 0.5) is 0 Å². The second kappa shape index (κ2) is 13.7. The quantitative estimate of drug-likeness (QED) is 0.100. The molecule has 3 heterocycles. The fourth-order valence-electron chi connectivity index (χ4n) is 5.56. The predicted octanol–water partition coefficient (Wildman–Crippen LogP) is 6.10. The zero-order valence-corrected chi connectivity index (χ0v) is 30.1. The van der Waals surface area contributed by atoms with Gasteiger partial charge in [0.05, 0.1) is 43.5 Å². The summed E-state index contributed by atoms with van der Waals surface area (Å²) in [5.74, 6) is -0.233. The first kappa shape index (κ1) is 34.4. The highest BCUT2D eigenvalue weighted by atomic mass is 28.4. The Morgan fingerprint density at radius 2 is 1.59 bits per heavy atom. The lowest BCUT2D eigenvalue weighted by Crippen LogP contribution is -2.58. The number of ether oxygens (including phenoxy) is 2. The largest absolute Gasteiger partial charge is 0.415 e. The van der Waals surface area contributed by atoms with Crippen LogP contribution in [0.25, 0.3) is 0 Å². The number of nitrogens with zero attached hydrogens (tertiary/aromatic N) is 1. The first-order valence-corrected chi connectivity index (χ1v) is 25.3. The minimum absolute atomic E-state index is 0.0817. The molecule has 8 atom stereocenters. The van der Waals surface area contributed by atoms with Gasteiger partial charge < -0.3 is 22.8 Å². The molecule has 1 aromatic heterocycles. The molecule has 2 aliphatic heterocycles. The van der Waals surface area contributed by atoms with E-state index in [1.54, 1.807) is 18.3 Å². The van der Waals surface area contributed by atoms with Gasteiger partial charge in [-0.3, -0.25) is 14.6 Å². The van der Waals surface area contributed by atoms with E-state index >= 15 is 0 Å². The van der Waals surface area contributed by atoms with E-state index in [0.29, 0.717) is 12.2 Å². The molecule has 0 radical (unpaired) electrons. The van der Waals surface area contributed by atoms with Gasteiger partial charge in [0.2, 0.25) is 0 Å². The van der Waals surface area contributed by atoms with Crippen molar-refractivity contribution in [1.29, 1.82) is 0 Å². The first-order chi connectivity index (χ1) is 18.8. The molecule has 11 heteroatoms. The third kappa shape index (κ3) is 11.2. The predicted molar refractivity (Wildman–Crippen MR) is 169 cm³/mol. The van der Waals surface area contributed by atoms with Crippen LogP contribution in [0, 0.1) is 11.8 Å². The van der Waals surface area contributed by atoms with Gasteiger partial charge in [0.15, 0.2) is 30.7 Å². The SMILES string of the molecule is C[C@@H]([C@@H]1O[C@H]1C[C@@H]1OC[C@H](CC(=O)CC(=O)c2cccnc2)[C@@H](O[Si](C)(C)C)[C@@H]1O[Si](C)(C)C)[C@H](C)O[Si](C)(C)C. The Bertz CT molecular complexity index is 1020. The summed E-state index contributed by atoms with van der Waals surface area (Å²) in [6.07, 6.45) is 3.46. The topological polar surface area (TPSA) is 96.5 Å². The monoisotopic (exact) mass is 623 g/mol. The molecule has 2 fully saturated rings. The van der Waals surface area contributed by atoms with Gasteiger partial charge in [-0.1, -0.05) is 6.92 Å². The van der Waals surface area contributed by atoms with Crippen LogP contribution in [-0.2, 0) is 27.5 Å².